The van der Waals surface area contributed by atoms with E-state index in [1.54, 1.807) is 28.0 Å². The molecule has 0 aromatic carbocycles. The van der Waals surface area contributed by atoms with Crippen LogP contribution in [0.5, 0.6) is 0 Å². The maximum absolute atomic E-state index is 12.5. The van der Waals surface area contributed by atoms with Crippen molar-refractivity contribution < 1.29 is 14.7 Å². The van der Waals surface area contributed by atoms with Crippen LogP contribution in [0.4, 0.5) is 0 Å². The molecule has 1 amide bonds. The Morgan fingerprint density at radius 1 is 1.38 bits per heavy atom. The largest absolute Gasteiger partial charge is 0.481 e. The third kappa shape index (κ3) is 3.09. The predicted molar refractivity (Wildman–Crippen MR) is 77.7 cm³/mol. The summed E-state index contributed by atoms with van der Waals surface area (Å²) in [5, 5.41) is 13.6. The average molecular weight is 293 g/mol. The summed E-state index contributed by atoms with van der Waals surface area (Å²) >= 11 is 0. The lowest BCUT2D eigenvalue weighted by atomic mass is 9.75. The van der Waals surface area contributed by atoms with Gasteiger partial charge >= 0.3 is 5.97 Å². The Kier molecular flexibility index (Phi) is 4.65. The minimum atomic E-state index is -0.725. The summed E-state index contributed by atoms with van der Waals surface area (Å²) < 4.78 is 1.63. The van der Waals surface area contributed by atoms with Crippen molar-refractivity contribution in [2.75, 3.05) is 13.1 Å². The molecule has 2 heterocycles. The van der Waals surface area contributed by atoms with Gasteiger partial charge in [-0.1, -0.05) is 13.3 Å². The minimum absolute atomic E-state index is 0.00851. The van der Waals surface area contributed by atoms with E-state index in [4.69, 9.17) is 0 Å². The second-order valence-electron chi connectivity index (χ2n) is 5.82. The summed E-state index contributed by atoms with van der Waals surface area (Å²) in [4.78, 5) is 25.8. The summed E-state index contributed by atoms with van der Waals surface area (Å²) in [7, 11) is 0. The molecular weight excluding hydrogens is 270 g/mol. The van der Waals surface area contributed by atoms with E-state index < -0.39 is 11.4 Å². The van der Waals surface area contributed by atoms with Gasteiger partial charge in [-0.2, -0.15) is 5.10 Å². The minimum Gasteiger partial charge on any atom is -0.481 e. The SMILES string of the molecule is CCCC1(C(=O)O)CCN(C(=O)C(C)n2cccn2)CC1. The molecule has 21 heavy (non-hydrogen) atoms. The third-order valence-electron chi connectivity index (χ3n) is 4.49. The van der Waals surface area contributed by atoms with E-state index >= 15 is 0 Å². The molecule has 0 aliphatic carbocycles. The van der Waals surface area contributed by atoms with Gasteiger partial charge in [0.05, 0.1) is 5.41 Å². The fourth-order valence-electron chi connectivity index (χ4n) is 3.09. The van der Waals surface area contributed by atoms with Crippen molar-refractivity contribution in [3.63, 3.8) is 0 Å². The van der Waals surface area contributed by atoms with Crippen LogP contribution in [-0.2, 0) is 9.59 Å². The molecule has 1 N–H and O–H groups in total. The highest BCUT2D eigenvalue weighted by molar-refractivity contribution is 5.81. The second kappa shape index (κ2) is 6.28. The smallest absolute Gasteiger partial charge is 0.309 e. The molecule has 1 unspecified atom stereocenters. The maximum Gasteiger partial charge on any atom is 0.309 e. The zero-order valence-corrected chi connectivity index (χ0v) is 12.7. The van der Waals surface area contributed by atoms with Crippen molar-refractivity contribution in [3.05, 3.63) is 18.5 Å². The van der Waals surface area contributed by atoms with E-state index in [1.807, 2.05) is 13.8 Å². The fraction of sp³-hybridized carbons (Fsp3) is 0.667. The molecule has 0 bridgehead atoms. The second-order valence-corrected chi connectivity index (χ2v) is 5.82. The number of carboxylic acid groups (broad SMARTS) is 1. The van der Waals surface area contributed by atoms with E-state index in [9.17, 15) is 14.7 Å². The number of hydrogen-bond acceptors (Lipinski definition) is 3. The topological polar surface area (TPSA) is 75.4 Å². The highest BCUT2D eigenvalue weighted by atomic mass is 16.4. The molecule has 6 heteroatoms. The number of piperidine rings is 1. The molecule has 1 atom stereocenters. The Balaban J connectivity index is 2.00. The molecule has 116 valence electrons. The van der Waals surface area contributed by atoms with Crippen molar-refractivity contribution in [3.8, 4) is 0 Å². The highest BCUT2D eigenvalue weighted by Gasteiger charge is 2.42. The van der Waals surface area contributed by atoms with Crippen LogP contribution in [0.1, 0.15) is 45.6 Å². The highest BCUT2D eigenvalue weighted by Crippen LogP contribution is 2.36. The lowest BCUT2D eigenvalue weighted by Gasteiger charge is -2.39. The molecular formula is C15H23N3O3. The van der Waals surface area contributed by atoms with Crippen LogP contribution in [0, 0.1) is 5.41 Å². The molecule has 1 saturated heterocycles. The van der Waals surface area contributed by atoms with Gasteiger partial charge in [0.15, 0.2) is 0 Å². The molecule has 1 aliphatic heterocycles. The lowest BCUT2D eigenvalue weighted by molar-refractivity contribution is -0.155. The van der Waals surface area contributed by atoms with E-state index in [0.717, 1.165) is 6.42 Å². The Morgan fingerprint density at radius 2 is 2.05 bits per heavy atom. The molecule has 2 rings (SSSR count). The Hall–Kier alpha value is -1.85. The molecule has 0 spiro atoms. The fourth-order valence-corrected chi connectivity index (χ4v) is 3.09. The Morgan fingerprint density at radius 3 is 2.52 bits per heavy atom. The van der Waals surface area contributed by atoms with E-state index in [2.05, 4.69) is 5.10 Å². The summed E-state index contributed by atoms with van der Waals surface area (Å²) in [6.07, 6.45) is 6.02. The first-order valence-electron chi connectivity index (χ1n) is 7.51. The number of aromatic nitrogens is 2. The number of nitrogens with zero attached hydrogens (tertiary/aromatic N) is 3. The molecule has 6 nitrogen and oxygen atoms in total. The Labute approximate surface area is 124 Å². The van der Waals surface area contributed by atoms with Crippen LogP contribution in [-0.4, -0.2) is 44.8 Å². The Bertz CT molecular complexity index is 490. The number of amides is 1. The van der Waals surface area contributed by atoms with Crippen LogP contribution < -0.4 is 0 Å². The predicted octanol–water partition coefficient (Wildman–Crippen LogP) is 1.94. The van der Waals surface area contributed by atoms with Gasteiger partial charge in [-0.25, -0.2) is 0 Å². The number of likely N-dealkylation sites (tertiary alicyclic amines) is 1. The van der Waals surface area contributed by atoms with Gasteiger partial charge in [0, 0.05) is 25.5 Å². The van der Waals surface area contributed by atoms with Gasteiger partial charge < -0.3 is 10.0 Å². The van der Waals surface area contributed by atoms with Crippen molar-refractivity contribution >= 4 is 11.9 Å². The first-order chi connectivity index (χ1) is 10.00. The van der Waals surface area contributed by atoms with E-state index in [0.29, 0.717) is 32.4 Å². The summed E-state index contributed by atoms with van der Waals surface area (Å²) in [6, 6.07) is 1.44. The normalized spacial score (nSPS) is 19.2. The monoisotopic (exact) mass is 293 g/mol. The lowest BCUT2D eigenvalue weighted by Crippen LogP contribution is -2.48. The summed E-state index contributed by atoms with van der Waals surface area (Å²) in [5.41, 5.74) is -0.652. The van der Waals surface area contributed by atoms with Gasteiger partial charge in [0.1, 0.15) is 6.04 Å². The van der Waals surface area contributed by atoms with Gasteiger partial charge in [0.25, 0.3) is 0 Å². The van der Waals surface area contributed by atoms with Gasteiger partial charge in [-0.3, -0.25) is 14.3 Å². The zero-order valence-electron chi connectivity index (χ0n) is 12.7. The van der Waals surface area contributed by atoms with E-state index in [-0.39, 0.29) is 11.9 Å². The number of carboxylic acids is 1. The molecule has 1 fully saturated rings. The molecule has 0 saturated carbocycles. The average Bonchev–Trinajstić information content (AvgIpc) is 3.01. The number of hydrogen-bond donors (Lipinski definition) is 1. The van der Waals surface area contributed by atoms with Crippen LogP contribution in [0.3, 0.4) is 0 Å². The van der Waals surface area contributed by atoms with Crippen LogP contribution in [0.25, 0.3) is 0 Å². The number of carbonyl (C=O) groups is 2. The summed E-state index contributed by atoms with van der Waals surface area (Å²) in [6.45, 7) is 4.84. The van der Waals surface area contributed by atoms with Crippen LogP contribution in [0.15, 0.2) is 18.5 Å². The van der Waals surface area contributed by atoms with Crippen molar-refractivity contribution in [2.45, 2.75) is 45.6 Å². The van der Waals surface area contributed by atoms with E-state index in [1.165, 1.54) is 0 Å². The quantitative estimate of drug-likeness (QED) is 0.900. The van der Waals surface area contributed by atoms with Crippen molar-refractivity contribution in [1.82, 2.24) is 14.7 Å². The van der Waals surface area contributed by atoms with Crippen LogP contribution in [0.2, 0.25) is 0 Å². The van der Waals surface area contributed by atoms with Crippen molar-refractivity contribution in [1.29, 1.82) is 0 Å². The molecule has 1 aromatic heterocycles. The standard InChI is InChI=1S/C15H23N3O3/c1-3-5-15(14(20)21)6-10-17(11-7-15)13(19)12(2)18-9-4-8-16-18/h4,8-9,12H,3,5-7,10-11H2,1-2H3,(H,20,21). The number of aliphatic carboxylic acids is 1. The first-order valence-corrected chi connectivity index (χ1v) is 7.51. The van der Waals surface area contributed by atoms with Gasteiger partial charge in [0.2, 0.25) is 5.91 Å². The molecule has 1 aromatic rings. The molecule has 0 radical (unpaired) electrons. The molecule has 1 aliphatic rings. The number of rotatable bonds is 5. The summed E-state index contributed by atoms with van der Waals surface area (Å²) in [5.74, 6) is -0.717. The first kappa shape index (κ1) is 15.5. The zero-order chi connectivity index (χ0) is 15.5. The maximum atomic E-state index is 12.5. The van der Waals surface area contributed by atoms with Crippen LogP contribution >= 0.6 is 0 Å². The number of carbonyl (C=O) groups excluding carboxylic acids is 1. The van der Waals surface area contributed by atoms with Gasteiger partial charge in [-0.05, 0) is 32.3 Å². The van der Waals surface area contributed by atoms with Crippen molar-refractivity contribution in [2.24, 2.45) is 5.41 Å². The third-order valence-corrected chi connectivity index (χ3v) is 4.49. The van der Waals surface area contributed by atoms with Gasteiger partial charge in [-0.15, -0.1) is 0 Å².